The van der Waals surface area contributed by atoms with Gasteiger partial charge < -0.3 is 14.8 Å². The van der Waals surface area contributed by atoms with Crippen molar-refractivity contribution in [3.05, 3.63) is 59.7 Å². The molecule has 4 nitrogen and oxygen atoms in total. The summed E-state index contributed by atoms with van der Waals surface area (Å²) in [5, 5.41) is 3.08. The smallest absolute Gasteiger partial charge is 0.256 e. The number of amides is 1. The van der Waals surface area contributed by atoms with E-state index in [-0.39, 0.29) is 5.91 Å². The van der Waals surface area contributed by atoms with Gasteiger partial charge in [-0.05, 0) is 68.4 Å². The Morgan fingerprint density at radius 1 is 1.21 bits per heavy atom. The molecule has 1 amide bonds. The van der Waals surface area contributed by atoms with Gasteiger partial charge in [0.15, 0.2) is 0 Å². The fraction of sp³-hybridized carbons (Fsp3) is 0.458. The molecule has 1 fully saturated rings. The Labute approximate surface area is 168 Å². The highest BCUT2D eigenvalue weighted by Crippen LogP contribution is 2.36. The maximum Gasteiger partial charge on any atom is 0.256 e. The van der Waals surface area contributed by atoms with E-state index in [0.29, 0.717) is 19.1 Å². The minimum Gasteiger partial charge on any atom is -0.489 e. The van der Waals surface area contributed by atoms with Crippen LogP contribution in [0.4, 0.5) is 5.69 Å². The summed E-state index contributed by atoms with van der Waals surface area (Å²) < 4.78 is 11.9. The van der Waals surface area contributed by atoms with E-state index >= 15 is 0 Å². The van der Waals surface area contributed by atoms with Crippen LogP contribution in [0.15, 0.2) is 48.5 Å². The molecule has 0 saturated heterocycles. The molecule has 150 valence electrons. The molecule has 2 aromatic rings. The summed E-state index contributed by atoms with van der Waals surface area (Å²) in [4.78, 5) is 13.1. The van der Waals surface area contributed by atoms with Crippen molar-refractivity contribution in [3.8, 4) is 5.75 Å². The van der Waals surface area contributed by atoms with E-state index in [4.69, 9.17) is 9.47 Å². The summed E-state index contributed by atoms with van der Waals surface area (Å²) in [6.07, 6.45) is 3.76. The summed E-state index contributed by atoms with van der Waals surface area (Å²) in [6.45, 7) is 7.22. The van der Waals surface area contributed by atoms with Crippen LogP contribution in [0.3, 0.4) is 0 Å². The predicted molar refractivity (Wildman–Crippen MR) is 113 cm³/mol. The SMILES string of the molecule is CCO[C@]1(C(=O)Nc2ccc(OCc3ccccc3)c(C)c2)CCC[C@@H](C)C1. The van der Waals surface area contributed by atoms with E-state index in [1.54, 1.807) is 0 Å². The first-order valence-corrected chi connectivity index (χ1v) is 10.3. The van der Waals surface area contributed by atoms with E-state index in [2.05, 4.69) is 12.2 Å². The number of ether oxygens (including phenoxy) is 2. The zero-order chi connectivity index (χ0) is 20.0. The number of carbonyl (C=O) groups excluding carboxylic acids is 1. The second-order valence-corrected chi connectivity index (χ2v) is 7.84. The number of carbonyl (C=O) groups is 1. The summed E-state index contributed by atoms with van der Waals surface area (Å²) in [5.41, 5.74) is 2.20. The highest BCUT2D eigenvalue weighted by molar-refractivity contribution is 5.97. The standard InChI is InChI=1S/C24H31NO3/c1-4-28-24(14-8-9-18(2)16-24)23(26)25-21-12-13-22(19(3)15-21)27-17-20-10-6-5-7-11-20/h5-7,10-13,15,18H,4,8-9,14,16-17H2,1-3H3,(H,25,26)/t18-,24-/m1/s1. The number of aryl methyl sites for hydroxylation is 1. The van der Waals surface area contributed by atoms with Crippen molar-refractivity contribution in [2.45, 2.75) is 58.7 Å². The Morgan fingerprint density at radius 2 is 2.00 bits per heavy atom. The minimum absolute atomic E-state index is 0.0294. The molecule has 1 N–H and O–H groups in total. The van der Waals surface area contributed by atoms with Gasteiger partial charge >= 0.3 is 0 Å². The molecule has 0 aromatic heterocycles. The second kappa shape index (κ2) is 9.24. The van der Waals surface area contributed by atoms with Gasteiger partial charge in [-0.25, -0.2) is 0 Å². The third kappa shape index (κ3) is 4.93. The number of hydrogen-bond donors (Lipinski definition) is 1. The van der Waals surface area contributed by atoms with Gasteiger partial charge in [0.2, 0.25) is 0 Å². The minimum atomic E-state index is -0.706. The van der Waals surface area contributed by atoms with Gasteiger partial charge in [-0.15, -0.1) is 0 Å². The zero-order valence-corrected chi connectivity index (χ0v) is 17.2. The Kier molecular flexibility index (Phi) is 6.74. The number of nitrogens with one attached hydrogen (secondary N) is 1. The van der Waals surface area contributed by atoms with Gasteiger partial charge in [-0.2, -0.15) is 0 Å². The van der Waals surface area contributed by atoms with Crippen LogP contribution >= 0.6 is 0 Å². The summed E-state index contributed by atoms with van der Waals surface area (Å²) >= 11 is 0. The van der Waals surface area contributed by atoms with E-state index in [1.807, 2.05) is 62.4 Å². The van der Waals surface area contributed by atoms with Crippen LogP contribution in [0.1, 0.15) is 50.7 Å². The number of benzene rings is 2. The molecule has 1 saturated carbocycles. The average Bonchev–Trinajstić information content (AvgIpc) is 2.68. The molecule has 2 atom stereocenters. The highest BCUT2D eigenvalue weighted by Gasteiger charge is 2.42. The fourth-order valence-electron chi connectivity index (χ4n) is 4.05. The van der Waals surface area contributed by atoms with Crippen LogP contribution in [0.5, 0.6) is 5.75 Å². The van der Waals surface area contributed by atoms with Crippen LogP contribution in [0, 0.1) is 12.8 Å². The molecule has 0 bridgehead atoms. The lowest BCUT2D eigenvalue weighted by atomic mass is 9.78. The van der Waals surface area contributed by atoms with Gasteiger partial charge in [-0.1, -0.05) is 43.7 Å². The average molecular weight is 382 g/mol. The molecule has 1 aliphatic carbocycles. The Hall–Kier alpha value is -2.33. The molecule has 0 unspecified atom stereocenters. The highest BCUT2D eigenvalue weighted by atomic mass is 16.5. The van der Waals surface area contributed by atoms with Crippen molar-refractivity contribution in [3.63, 3.8) is 0 Å². The zero-order valence-electron chi connectivity index (χ0n) is 17.2. The normalized spacial score (nSPS) is 21.9. The Bertz CT molecular complexity index is 786. The number of anilines is 1. The van der Waals surface area contributed by atoms with E-state index in [9.17, 15) is 4.79 Å². The van der Waals surface area contributed by atoms with Crippen molar-refractivity contribution in [1.29, 1.82) is 0 Å². The molecule has 0 aliphatic heterocycles. The van der Waals surface area contributed by atoms with Crippen LogP contribution in [0.2, 0.25) is 0 Å². The van der Waals surface area contributed by atoms with Crippen LogP contribution in [0.25, 0.3) is 0 Å². The van der Waals surface area contributed by atoms with Gasteiger partial charge in [0.25, 0.3) is 5.91 Å². The molecule has 4 heteroatoms. The van der Waals surface area contributed by atoms with Crippen LogP contribution in [-0.2, 0) is 16.1 Å². The molecule has 1 aliphatic rings. The topological polar surface area (TPSA) is 47.6 Å². The van der Waals surface area contributed by atoms with Crippen LogP contribution in [-0.4, -0.2) is 18.1 Å². The maximum atomic E-state index is 13.1. The molecular formula is C24H31NO3. The molecule has 28 heavy (non-hydrogen) atoms. The third-order valence-electron chi connectivity index (χ3n) is 5.46. The molecule has 2 aromatic carbocycles. The van der Waals surface area contributed by atoms with Crippen molar-refractivity contribution in [2.24, 2.45) is 5.92 Å². The third-order valence-corrected chi connectivity index (χ3v) is 5.46. The van der Waals surface area contributed by atoms with Crippen molar-refractivity contribution < 1.29 is 14.3 Å². The summed E-state index contributed by atoms with van der Waals surface area (Å²) in [5.74, 6) is 1.30. The monoisotopic (exact) mass is 381 g/mol. The van der Waals surface area contributed by atoms with Gasteiger partial charge in [0, 0.05) is 12.3 Å². The van der Waals surface area contributed by atoms with Gasteiger partial charge in [0.1, 0.15) is 18.0 Å². The molecule has 0 radical (unpaired) electrons. The van der Waals surface area contributed by atoms with E-state index in [1.165, 1.54) is 0 Å². The largest absolute Gasteiger partial charge is 0.489 e. The van der Waals surface area contributed by atoms with E-state index < -0.39 is 5.60 Å². The van der Waals surface area contributed by atoms with Gasteiger partial charge in [-0.3, -0.25) is 4.79 Å². The molecule has 0 spiro atoms. The predicted octanol–water partition coefficient (Wildman–Crippen LogP) is 5.50. The first kappa shape index (κ1) is 20.4. The van der Waals surface area contributed by atoms with Crippen LogP contribution < -0.4 is 10.1 Å². The first-order chi connectivity index (χ1) is 13.5. The lowest BCUT2D eigenvalue weighted by Gasteiger charge is -2.38. The maximum absolute atomic E-state index is 13.1. The lowest BCUT2D eigenvalue weighted by molar-refractivity contribution is -0.147. The number of hydrogen-bond acceptors (Lipinski definition) is 3. The second-order valence-electron chi connectivity index (χ2n) is 7.84. The lowest BCUT2D eigenvalue weighted by Crippen LogP contribution is -2.48. The summed E-state index contributed by atoms with van der Waals surface area (Å²) in [6, 6.07) is 15.9. The Balaban J connectivity index is 1.66. The fourth-order valence-corrected chi connectivity index (χ4v) is 4.05. The van der Waals surface area contributed by atoms with Gasteiger partial charge in [0.05, 0.1) is 0 Å². The Morgan fingerprint density at radius 3 is 2.68 bits per heavy atom. The number of rotatable bonds is 7. The molecule has 0 heterocycles. The van der Waals surface area contributed by atoms with Crippen molar-refractivity contribution in [2.75, 3.05) is 11.9 Å². The van der Waals surface area contributed by atoms with Crippen molar-refractivity contribution >= 4 is 11.6 Å². The summed E-state index contributed by atoms with van der Waals surface area (Å²) in [7, 11) is 0. The van der Waals surface area contributed by atoms with Crippen molar-refractivity contribution in [1.82, 2.24) is 0 Å². The molecule has 3 rings (SSSR count). The quantitative estimate of drug-likeness (QED) is 0.689. The molecular weight excluding hydrogens is 350 g/mol. The van der Waals surface area contributed by atoms with E-state index in [0.717, 1.165) is 48.2 Å². The first-order valence-electron chi connectivity index (χ1n) is 10.3.